The molecule has 0 unspecified atom stereocenters. The first kappa shape index (κ1) is 17.1. The van der Waals surface area contributed by atoms with Crippen LogP contribution in [0.3, 0.4) is 0 Å². The van der Waals surface area contributed by atoms with Crippen LogP contribution >= 0.6 is 15.9 Å². The van der Waals surface area contributed by atoms with Gasteiger partial charge in [-0.15, -0.1) is 0 Å². The molecule has 22 heavy (non-hydrogen) atoms. The fraction of sp³-hybridized carbons (Fsp3) is 0.600. The second kappa shape index (κ2) is 6.91. The van der Waals surface area contributed by atoms with Crippen molar-refractivity contribution in [3.05, 3.63) is 28.2 Å². The molecule has 0 aliphatic heterocycles. The first-order valence-electron chi connectivity index (χ1n) is 7.15. The van der Waals surface area contributed by atoms with E-state index in [-0.39, 0.29) is 16.7 Å². The van der Waals surface area contributed by atoms with Crippen molar-refractivity contribution in [1.82, 2.24) is 10.3 Å². The highest BCUT2D eigenvalue weighted by atomic mass is 79.9. The minimum atomic E-state index is -0.495. The number of ether oxygens (including phenoxy) is 2. The van der Waals surface area contributed by atoms with Crippen LogP contribution in [0.1, 0.15) is 39.3 Å². The minimum absolute atomic E-state index is 0.0746. The van der Waals surface area contributed by atoms with E-state index >= 15 is 0 Å². The van der Waals surface area contributed by atoms with Crippen molar-refractivity contribution in [2.75, 3.05) is 0 Å². The van der Waals surface area contributed by atoms with Gasteiger partial charge in [-0.3, -0.25) is 0 Å². The quantitative estimate of drug-likeness (QED) is 0.818. The number of aromatic nitrogens is 1. The van der Waals surface area contributed by atoms with E-state index in [1.165, 1.54) is 6.07 Å². The molecule has 1 N–H and O–H groups in total. The average Bonchev–Trinajstić information content (AvgIpc) is 2.33. The van der Waals surface area contributed by atoms with E-state index in [2.05, 4.69) is 26.2 Å². The van der Waals surface area contributed by atoms with Gasteiger partial charge in [0.2, 0.25) is 0 Å². The van der Waals surface area contributed by atoms with Crippen LogP contribution in [0.5, 0.6) is 0 Å². The lowest BCUT2D eigenvalue weighted by atomic mass is 9.89. The highest BCUT2D eigenvalue weighted by molar-refractivity contribution is 9.10. The van der Waals surface area contributed by atoms with Crippen molar-refractivity contribution in [3.63, 3.8) is 0 Å². The topological polar surface area (TPSA) is 60.5 Å². The molecule has 1 fully saturated rings. The Hall–Kier alpha value is -1.21. The summed E-state index contributed by atoms with van der Waals surface area (Å²) in [4.78, 5) is 15.6. The Morgan fingerprint density at radius 1 is 1.45 bits per heavy atom. The Morgan fingerprint density at radius 3 is 2.73 bits per heavy atom. The lowest BCUT2D eigenvalue weighted by molar-refractivity contribution is -0.0302. The zero-order valence-electron chi connectivity index (χ0n) is 12.9. The standard InChI is InChI=1S/C15H20BrFN2O3/c1-15(2,3)22-14(20)19-10-6-11(7-10)21-8-9-4-5-12(17)13(16)18-9/h4-5,10-11H,6-8H2,1-3H3,(H,19,20)/t10-,11-. The Labute approximate surface area is 137 Å². The normalized spacial score (nSPS) is 21.1. The lowest BCUT2D eigenvalue weighted by Gasteiger charge is -2.35. The van der Waals surface area contributed by atoms with Crippen molar-refractivity contribution in [2.45, 2.75) is 58.0 Å². The van der Waals surface area contributed by atoms with Gasteiger partial charge in [-0.05, 0) is 61.7 Å². The highest BCUT2D eigenvalue weighted by Crippen LogP contribution is 2.25. The molecule has 1 aliphatic rings. The summed E-state index contributed by atoms with van der Waals surface area (Å²) in [5, 5.41) is 2.80. The monoisotopic (exact) mass is 374 g/mol. The molecule has 7 heteroatoms. The van der Waals surface area contributed by atoms with Crippen molar-refractivity contribution in [2.24, 2.45) is 0 Å². The molecule has 0 radical (unpaired) electrons. The van der Waals surface area contributed by atoms with E-state index in [0.717, 1.165) is 12.8 Å². The maximum atomic E-state index is 13.1. The molecule has 1 heterocycles. The van der Waals surface area contributed by atoms with Crippen LogP contribution < -0.4 is 5.32 Å². The number of carbonyl (C=O) groups excluding carboxylic acids is 1. The molecule has 5 nitrogen and oxygen atoms in total. The van der Waals surface area contributed by atoms with Gasteiger partial charge in [0.05, 0.1) is 18.4 Å². The number of hydrogen-bond acceptors (Lipinski definition) is 4. The second-order valence-electron chi connectivity index (χ2n) is 6.32. The number of halogens is 2. The van der Waals surface area contributed by atoms with E-state index in [1.807, 2.05) is 20.8 Å². The summed E-state index contributed by atoms with van der Waals surface area (Å²) in [5.74, 6) is -0.394. The van der Waals surface area contributed by atoms with Gasteiger partial charge in [0.15, 0.2) is 5.82 Å². The van der Waals surface area contributed by atoms with Crippen LogP contribution in [0.4, 0.5) is 9.18 Å². The van der Waals surface area contributed by atoms with Gasteiger partial charge in [0.25, 0.3) is 0 Å². The maximum Gasteiger partial charge on any atom is 0.407 e. The summed E-state index contributed by atoms with van der Waals surface area (Å²) in [6, 6.07) is 3.02. The first-order valence-corrected chi connectivity index (χ1v) is 7.94. The number of alkyl carbamates (subject to hydrolysis) is 1. The zero-order valence-corrected chi connectivity index (χ0v) is 14.4. The molecule has 122 valence electrons. The van der Waals surface area contributed by atoms with Crippen LogP contribution in [0.25, 0.3) is 0 Å². The molecule has 1 aromatic rings. The fourth-order valence-electron chi connectivity index (χ4n) is 2.03. The molecule has 0 saturated heterocycles. The van der Waals surface area contributed by atoms with Crippen LogP contribution in [-0.4, -0.2) is 28.8 Å². The molecule has 1 aromatic heterocycles. The van der Waals surface area contributed by atoms with Crippen LogP contribution in [0.15, 0.2) is 16.7 Å². The number of pyridine rings is 1. The van der Waals surface area contributed by atoms with E-state index in [0.29, 0.717) is 12.3 Å². The Balaban J connectivity index is 1.67. The third-order valence-corrected chi connectivity index (χ3v) is 3.70. The Bertz CT molecular complexity index is 542. The second-order valence-corrected chi connectivity index (χ2v) is 7.07. The first-order chi connectivity index (χ1) is 10.2. The molecule has 2 rings (SSSR count). The zero-order chi connectivity index (χ0) is 16.3. The van der Waals surface area contributed by atoms with E-state index in [9.17, 15) is 9.18 Å². The van der Waals surface area contributed by atoms with Crippen LogP contribution in [0.2, 0.25) is 0 Å². The smallest absolute Gasteiger partial charge is 0.407 e. The SMILES string of the molecule is CC(C)(C)OC(=O)N[C@H]1C[C@H](OCc2ccc(F)c(Br)n2)C1. The molecule has 0 spiro atoms. The number of rotatable bonds is 4. The number of amides is 1. The maximum absolute atomic E-state index is 13.1. The number of nitrogens with one attached hydrogen (secondary N) is 1. The highest BCUT2D eigenvalue weighted by Gasteiger charge is 2.32. The van der Waals surface area contributed by atoms with E-state index < -0.39 is 17.5 Å². The lowest BCUT2D eigenvalue weighted by Crippen LogP contribution is -2.49. The molecule has 1 aliphatic carbocycles. The van der Waals surface area contributed by atoms with Gasteiger partial charge in [-0.1, -0.05) is 0 Å². The van der Waals surface area contributed by atoms with Crippen molar-refractivity contribution in [3.8, 4) is 0 Å². The largest absolute Gasteiger partial charge is 0.444 e. The third-order valence-electron chi connectivity index (χ3n) is 3.14. The molecule has 1 saturated carbocycles. The molecule has 1 amide bonds. The van der Waals surface area contributed by atoms with E-state index in [4.69, 9.17) is 9.47 Å². The summed E-state index contributed by atoms with van der Waals surface area (Å²) in [6.45, 7) is 5.80. The van der Waals surface area contributed by atoms with Crippen molar-refractivity contribution < 1.29 is 18.7 Å². The molecule has 0 aromatic carbocycles. The fourth-order valence-corrected chi connectivity index (χ4v) is 2.39. The summed E-state index contributed by atoms with van der Waals surface area (Å²) in [5.41, 5.74) is 0.169. The van der Waals surface area contributed by atoms with Gasteiger partial charge in [0.1, 0.15) is 10.2 Å². The molecular formula is C15H20BrFN2O3. The predicted molar refractivity (Wildman–Crippen MR) is 82.9 cm³/mol. The summed E-state index contributed by atoms with van der Waals surface area (Å²) < 4.78 is 24.1. The Kier molecular flexibility index (Phi) is 5.39. The van der Waals surface area contributed by atoms with Crippen molar-refractivity contribution in [1.29, 1.82) is 0 Å². The summed E-state index contributed by atoms with van der Waals surface area (Å²) >= 11 is 3.04. The average molecular weight is 375 g/mol. The third kappa shape index (κ3) is 5.21. The number of nitrogens with zero attached hydrogens (tertiary/aromatic N) is 1. The number of hydrogen-bond donors (Lipinski definition) is 1. The van der Waals surface area contributed by atoms with Crippen molar-refractivity contribution >= 4 is 22.0 Å². The summed E-state index contributed by atoms with van der Waals surface area (Å²) in [7, 11) is 0. The molecule has 0 bridgehead atoms. The van der Waals surface area contributed by atoms with Gasteiger partial charge in [-0.25, -0.2) is 14.2 Å². The Morgan fingerprint density at radius 2 is 2.14 bits per heavy atom. The minimum Gasteiger partial charge on any atom is -0.444 e. The van der Waals surface area contributed by atoms with Gasteiger partial charge in [0, 0.05) is 6.04 Å². The number of carbonyl (C=O) groups is 1. The van der Waals surface area contributed by atoms with E-state index in [1.54, 1.807) is 6.07 Å². The molecular weight excluding hydrogens is 355 g/mol. The van der Waals surface area contributed by atoms with Crippen LogP contribution in [-0.2, 0) is 16.1 Å². The predicted octanol–water partition coefficient (Wildman–Crippen LogP) is 3.56. The van der Waals surface area contributed by atoms with Gasteiger partial charge < -0.3 is 14.8 Å². The molecule has 0 atom stereocenters. The van der Waals surface area contributed by atoms with Gasteiger partial charge >= 0.3 is 6.09 Å². The van der Waals surface area contributed by atoms with Crippen LogP contribution in [0, 0.1) is 5.82 Å². The van der Waals surface area contributed by atoms with Gasteiger partial charge in [-0.2, -0.15) is 0 Å². The summed E-state index contributed by atoms with van der Waals surface area (Å²) in [6.07, 6.45) is 1.15.